The zero-order valence-corrected chi connectivity index (χ0v) is 12.8. The number of pyridine rings is 2. The van der Waals surface area contributed by atoms with Crippen LogP contribution in [0.5, 0.6) is 0 Å². The van der Waals surface area contributed by atoms with Crippen LogP contribution in [0.3, 0.4) is 0 Å². The summed E-state index contributed by atoms with van der Waals surface area (Å²) in [4.78, 5) is 21.6. The molecular formula is C16H22N4O. The van der Waals surface area contributed by atoms with Crippen molar-refractivity contribution in [1.82, 2.24) is 20.2 Å². The summed E-state index contributed by atoms with van der Waals surface area (Å²) in [6.07, 6.45) is 1.93. The Morgan fingerprint density at radius 3 is 3.00 bits per heavy atom. The molecule has 0 aromatic carbocycles. The zero-order valence-electron chi connectivity index (χ0n) is 12.8. The first kappa shape index (κ1) is 14.2. The van der Waals surface area contributed by atoms with Crippen LogP contribution in [0.25, 0.3) is 11.0 Å². The van der Waals surface area contributed by atoms with Gasteiger partial charge in [-0.1, -0.05) is 0 Å². The molecule has 2 aromatic heterocycles. The lowest BCUT2D eigenvalue weighted by Crippen LogP contribution is -2.49. The van der Waals surface area contributed by atoms with Crippen LogP contribution in [0.4, 0.5) is 0 Å². The molecule has 0 radical (unpaired) electrons. The van der Waals surface area contributed by atoms with Crippen LogP contribution in [0.1, 0.15) is 31.0 Å². The maximum Gasteiger partial charge on any atom is 0.251 e. The third-order valence-corrected chi connectivity index (χ3v) is 4.33. The van der Waals surface area contributed by atoms with E-state index in [1.165, 1.54) is 0 Å². The molecule has 3 rings (SSSR count). The molecule has 21 heavy (non-hydrogen) atoms. The predicted molar refractivity (Wildman–Crippen MR) is 84.6 cm³/mol. The van der Waals surface area contributed by atoms with Gasteiger partial charge in [-0.2, -0.15) is 0 Å². The first-order chi connectivity index (χ1) is 10.0. The minimum Gasteiger partial charge on any atom is -0.320 e. The smallest absolute Gasteiger partial charge is 0.251 e. The normalized spacial score (nSPS) is 21.6. The lowest BCUT2D eigenvalue weighted by atomic mass is 10.1. The highest BCUT2D eigenvalue weighted by molar-refractivity contribution is 5.74. The fraction of sp³-hybridized carbons (Fsp3) is 0.500. The monoisotopic (exact) mass is 286 g/mol. The molecule has 2 N–H and O–H groups in total. The van der Waals surface area contributed by atoms with Crippen molar-refractivity contribution < 1.29 is 0 Å². The number of hydrogen-bond acceptors (Lipinski definition) is 4. The Morgan fingerprint density at radius 2 is 2.24 bits per heavy atom. The molecule has 5 heteroatoms. The maximum absolute atomic E-state index is 11.8. The van der Waals surface area contributed by atoms with Gasteiger partial charge in [-0.15, -0.1) is 0 Å². The molecule has 0 amide bonds. The van der Waals surface area contributed by atoms with Crippen molar-refractivity contribution >= 4 is 11.0 Å². The van der Waals surface area contributed by atoms with Gasteiger partial charge in [0.15, 0.2) is 0 Å². The van der Waals surface area contributed by atoms with E-state index in [9.17, 15) is 4.79 Å². The number of aryl methyl sites for hydroxylation is 1. The molecule has 1 aliphatic heterocycles. The SMILES string of the molecule is Cc1cc2ncc(C(C)N3CCN[C@H](C)C3)cc2[nH]c1=O. The van der Waals surface area contributed by atoms with Crippen molar-refractivity contribution in [2.24, 2.45) is 0 Å². The van der Waals surface area contributed by atoms with Crippen LogP contribution < -0.4 is 10.9 Å². The summed E-state index contributed by atoms with van der Waals surface area (Å²) < 4.78 is 0. The zero-order chi connectivity index (χ0) is 15.0. The summed E-state index contributed by atoms with van der Waals surface area (Å²) in [5.74, 6) is 0. The first-order valence-corrected chi connectivity index (χ1v) is 7.51. The van der Waals surface area contributed by atoms with Crippen LogP contribution in [0.15, 0.2) is 23.1 Å². The Morgan fingerprint density at radius 1 is 1.43 bits per heavy atom. The second-order valence-electron chi connectivity index (χ2n) is 6.01. The molecule has 5 nitrogen and oxygen atoms in total. The van der Waals surface area contributed by atoms with E-state index >= 15 is 0 Å². The van der Waals surface area contributed by atoms with Crippen molar-refractivity contribution in [1.29, 1.82) is 0 Å². The highest BCUT2D eigenvalue weighted by Crippen LogP contribution is 2.23. The van der Waals surface area contributed by atoms with E-state index in [4.69, 9.17) is 0 Å². The van der Waals surface area contributed by atoms with Gasteiger partial charge in [0.1, 0.15) is 0 Å². The quantitative estimate of drug-likeness (QED) is 0.880. The van der Waals surface area contributed by atoms with E-state index in [1.807, 2.05) is 12.3 Å². The molecule has 0 aliphatic carbocycles. The number of aromatic nitrogens is 2. The number of piperazine rings is 1. The lowest BCUT2D eigenvalue weighted by molar-refractivity contribution is 0.158. The van der Waals surface area contributed by atoms with Crippen LogP contribution in [-0.2, 0) is 0 Å². The highest BCUT2D eigenvalue weighted by Gasteiger charge is 2.22. The second kappa shape index (κ2) is 5.58. The van der Waals surface area contributed by atoms with Gasteiger partial charge in [0.25, 0.3) is 5.56 Å². The van der Waals surface area contributed by atoms with Crippen molar-refractivity contribution in [3.8, 4) is 0 Å². The molecule has 3 heterocycles. The highest BCUT2D eigenvalue weighted by atomic mass is 16.1. The second-order valence-corrected chi connectivity index (χ2v) is 6.01. The van der Waals surface area contributed by atoms with Crippen molar-refractivity contribution in [2.75, 3.05) is 19.6 Å². The summed E-state index contributed by atoms with van der Waals surface area (Å²) >= 11 is 0. The number of hydrogen-bond donors (Lipinski definition) is 2. The molecule has 2 aromatic rings. The number of nitrogens with zero attached hydrogens (tertiary/aromatic N) is 2. The third kappa shape index (κ3) is 2.84. The van der Waals surface area contributed by atoms with E-state index in [1.54, 1.807) is 6.92 Å². The number of rotatable bonds is 2. The molecular weight excluding hydrogens is 264 g/mol. The van der Waals surface area contributed by atoms with Gasteiger partial charge in [0.2, 0.25) is 0 Å². The van der Waals surface area contributed by atoms with E-state index in [2.05, 4.69) is 40.1 Å². The summed E-state index contributed by atoms with van der Waals surface area (Å²) in [7, 11) is 0. The van der Waals surface area contributed by atoms with Crippen molar-refractivity contribution in [2.45, 2.75) is 32.9 Å². The molecule has 2 atom stereocenters. The van der Waals surface area contributed by atoms with Gasteiger partial charge in [0.05, 0.1) is 11.0 Å². The van der Waals surface area contributed by atoms with E-state index < -0.39 is 0 Å². The molecule has 1 unspecified atom stereocenters. The maximum atomic E-state index is 11.8. The van der Waals surface area contributed by atoms with Gasteiger partial charge in [0, 0.05) is 43.5 Å². The molecule has 1 aliphatic rings. The van der Waals surface area contributed by atoms with Gasteiger partial charge < -0.3 is 10.3 Å². The number of fused-ring (bicyclic) bond motifs is 1. The molecule has 1 saturated heterocycles. The molecule has 1 fully saturated rings. The average molecular weight is 286 g/mol. The third-order valence-electron chi connectivity index (χ3n) is 4.33. The molecule has 112 valence electrons. The Kier molecular flexibility index (Phi) is 3.78. The van der Waals surface area contributed by atoms with E-state index in [0.29, 0.717) is 17.6 Å². The van der Waals surface area contributed by atoms with Crippen LogP contribution in [-0.4, -0.2) is 40.5 Å². The van der Waals surface area contributed by atoms with Crippen molar-refractivity contribution in [3.63, 3.8) is 0 Å². The topological polar surface area (TPSA) is 61.0 Å². The molecule has 0 spiro atoms. The largest absolute Gasteiger partial charge is 0.320 e. The standard InChI is InChI=1S/C16H22N4O/c1-10-6-14-15(19-16(10)21)7-13(8-18-14)12(3)20-5-4-17-11(2)9-20/h6-8,11-12,17H,4-5,9H2,1-3H3,(H,19,21)/t11-,12?/m1/s1. The van der Waals surface area contributed by atoms with E-state index in [0.717, 1.165) is 36.2 Å². The Balaban J connectivity index is 1.93. The van der Waals surface area contributed by atoms with Gasteiger partial charge in [-0.3, -0.25) is 14.7 Å². The van der Waals surface area contributed by atoms with Crippen molar-refractivity contribution in [3.05, 3.63) is 39.8 Å². The average Bonchev–Trinajstić information content (AvgIpc) is 2.47. The van der Waals surface area contributed by atoms with Gasteiger partial charge in [-0.25, -0.2) is 0 Å². The Bertz CT molecular complexity index is 709. The Hall–Kier alpha value is -1.72. The minimum absolute atomic E-state index is 0.0371. The summed E-state index contributed by atoms with van der Waals surface area (Å²) in [5.41, 5.74) is 3.47. The lowest BCUT2D eigenvalue weighted by Gasteiger charge is -2.36. The molecule has 0 saturated carbocycles. The summed E-state index contributed by atoms with van der Waals surface area (Å²) in [6.45, 7) is 9.30. The summed E-state index contributed by atoms with van der Waals surface area (Å²) in [5, 5.41) is 3.46. The minimum atomic E-state index is -0.0371. The molecule has 0 bridgehead atoms. The fourth-order valence-corrected chi connectivity index (χ4v) is 2.95. The van der Waals surface area contributed by atoms with Crippen LogP contribution >= 0.6 is 0 Å². The Labute approximate surface area is 124 Å². The van der Waals surface area contributed by atoms with Crippen LogP contribution in [0, 0.1) is 6.92 Å². The number of H-pyrrole nitrogens is 1. The number of aromatic amines is 1. The van der Waals surface area contributed by atoms with E-state index in [-0.39, 0.29) is 5.56 Å². The first-order valence-electron chi connectivity index (χ1n) is 7.51. The number of nitrogens with one attached hydrogen (secondary N) is 2. The fourth-order valence-electron chi connectivity index (χ4n) is 2.95. The summed E-state index contributed by atoms with van der Waals surface area (Å²) in [6, 6.07) is 4.71. The van der Waals surface area contributed by atoms with Gasteiger partial charge in [-0.05, 0) is 38.5 Å². The van der Waals surface area contributed by atoms with Crippen LogP contribution in [0.2, 0.25) is 0 Å². The van der Waals surface area contributed by atoms with Gasteiger partial charge >= 0.3 is 0 Å². The predicted octanol–water partition coefficient (Wildman–Crippen LogP) is 1.59.